The second kappa shape index (κ2) is 7.94. The second-order valence-corrected chi connectivity index (χ2v) is 6.59. The minimum Gasteiger partial charge on any atom is -0.348 e. The molecule has 0 aliphatic carbocycles. The van der Waals surface area contributed by atoms with Crippen molar-refractivity contribution in [3.63, 3.8) is 0 Å². The predicted molar refractivity (Wildman–Crippen MR) is 104 cm³/mol. The molecule has 2 N–H and O–H groups in total. The van der Waals surface area contributed by atoms with E-state index >= 15 is 0 Å². The Balaban J connectivity index is 1.61. The molecule has 4 nitrogen and oxygen atoms in total. The molecule has 0 aliphatic heterocycles. The number of aryl methyl sites for hydroxylation is 1. The number of aromatic nitrogens is 1. The first-order valence-corrected chi connectivity index (χ1v) is 8.72. The van der Waals surface area contributed by atoms with Crippen molar-refractivity contribution in [3.05, 3.63) is 88.0 Å². The van der Waals surface area contributed by atoms with Crippen LogP contribution >= 0.6 is 15.9 Å². The number of halogens is 1. The van der Waals surface area contributed by atoms with E-state index in [0.29, 0.717) is 17.9 Å². The molecule has 0 saturated carbocycles. The summed E-state index contributed by atoms with van der Waals surface area (Å²) in [5.74, 6) is 0.554. The number of carbonyl (C=O) groups excluding carboxylic acids is 1. The van der Waals surface area contributed by atoms with Crippen molar-refractivity contribution < 1.29 is 4.79 Å². The van der Waals surface area contributed by atoms with Crippen LogP contribution in [0.5, 0.6) is 0 Å². The Morgan fingerprint density at radius 2 is 1.92 bits per heavy atom. The van der Waals surface area contributed by atoms with E-state index in [1.165, 1.54) is 0 Å². The quantitative estimate of drug-likeness (QED) is 0.650. The zero-order valence-electron chi connectivity index (χ0n) is 13.8. The standard InChI is InChI=1S/C20H18BrN3O/c1-14-5-2-3-6-15(14)12-23-20(25)16-9-10-19(22-13-16)24-18-8-4-7-17(21)11-18/h2-11,13H,12H2,1H3,(H,22,24)(H,23,25). The molecule has 0 spiro atoms. The third-order valence-corrected chi connectivity index (χ3v) is 4.32. The lowest BCUT2D eigenvalue weighted by Crippen LogP contribution is -2.23. The molecule has 2 aromatic carbocycles. The van der Waals surface area contributed by atoms with Gasteiger partial charge in [-0.2, -0.15) is 0 Å². The van der Waals surface area contributed by atoms with Gasteiger partial charge in [-0.05, 0) is 48.4 Å². The van der Waals surface area contributed by atoms with E-state index in [4.69, 9.17) is 0 Å². The molecule has 3 rings (SSSR count). The molecule has 5 heteroatoms. The van der Waals surface area contributed by atoms with Crippen LogP contribution < -0.4 is 10.6 Å². The summed E-state index contributed by atoms with van der Waals surface area (Å²) in [6, 6.07) is 19.4. The largest absolute Gasteiger partial charge is 0.348 e. The van der Waals surface area contributed by atoms with Crippen molar-refractivity contribution in [2.24, 2.45) is 0 Å². The average Bonchev–Trinajstić information content (AvgIpc) is 2.61. The van der Waals surface area contributed by atoms with Crippen LogP contribution in [0.1, 0.15) is 21.5 Å². The van der Waals surface area contributed by atoms with E-state index in [1.807, 2.05) is 55.5 Å². The number of benzene rings is 2. The van der Waals surface area contributed by atoms with Crippen molar-refractivity contribution in [2.45, 2.75) is 13.5 Å². The first kappa shape index (κ1) is 17.2. The Morgan fingerprint density at radius 1 is 1.08 bits per heavy atom. The van der Waals surface area contributed by atoms with Gasteiger partial charge in [0.1, 0.15) is 5.82 Å². The van der Waals surface area contributed by atoms with Crippen LogP contribution in [-0.2, 0) is 6.54 Å². The van der Waals surface area contributed by atoms with Gasteiger partial charge in [-0.25, -0.2) is 4.98 Å². The summed E-state index contributed by atoms with van der Waals surface area (Å²) in [5.41, 5.74) is 3.73. The van der Waals surface area contributed by atoms with Crippen LogP contribution in [0.3, 0.4) is 0 Å². The zero-order chi connectivity index (χ0) is 17.6. The molecular weight excluding hydrogens is 378 g/mol. The average molecular weight is 396 g/mol. The van der Waals surface area contributed by atoms with Gasteiger partial charge in [-0.15, -0.1) is 0 Å². The maximum atomic E-state index is 12.3. The van der Waals surface area contributed by atoms with Crippen LogP contribution in [-0.4, -0.2) is 10.9 Å². The Kier molecular flexibility index (Phi) is 5.46. The van der Waals surface area contributed by atoms with E-state index in [-0.39, 0.29) is 5.91 Å². The zero-order valence-corrected chi connectivity index (χ0v) is 15.4. The van der Waals surface area contributed by atoms with Crippen molar-refractivity contribution in [3.8, 4) is 0 Å². The van der Waals surface area contributed by atoms with Crippen LogP contribution in [0.4, 0.5) is 11.5 Å². The molecule has 0 fully saturated rings. The number of pyridine rings is 1. The molecule has 25 heavy (non-hydrogen) atoms. The number of carbonyl (C=O) groups is 1. The molecule has 3 aromatic rings. The normalized spacial score (nSPS) is 10.3. The van der Waals surface area contributed by atoms with Gasteiger partial charge < -0.3 is 10.6 Å². The van der Waals surface area contributed by atoms with Crippen LogP contribution in [0.25, 0.3) is 0 Å². The molecule has 126 valence electrons. The highest BCUT2D eigenvalue weighted by molar-refractivity contribution is 9.10. The summed E-state index contributed by atoms with van der Waals surface area (Å²) >= 11 is 3.43. The van der Waals surface area contributed by atoms with Gasteiger partial charge in [-0.3, -0.25) is 4.79 Å². The Bertz CT molecular complexity index is 878. The van der Waals surface area contributed by atoms with Gasteiger partial charge in [0.05, 0.1) is 5.56 Å². The van der Waals surface area contributed by atoms with E-state index in [0.717, 1.165) is 21.3 Å². The summed E-state index contributed by atoms with van der Waals surface area (Å²) in [7, 11) is 0. The highest BCUT2D eigenvalue weighted by Crippen LogP contribution is 2.19. The number of rotatable bonds is 5. The molecule has 1 amide bonds. The van der Waals surface area contributed by atoms with E-state index in [9.17, 15) is 4.79 Å². The number of hydrogen-bond acceptors (Lipinski definition) is 3. The Labute approximate surface area is 155 Å². The van der Waals surface area contributed by atoms with Gasteiger partial charge in [0.15, 0.2) is 0 Å². The van der Waals surface area contributed by atoms with E-state index < -0.39 is 0 Å². The monoisotopic (exact) mass is 395 g/mol. The molecule has 0 bridgehead atoms. The van der Waals surface area contributed by atoms with E-state index in [2.05, 4.69) is 31.5 Å². The molecule has 1 aromatic heterocycles. The Hall–Kier alpha value is -2.66. The maximum absolute atomic E-state index is 12.3. The molecular formula is C20H18BrN3O. The molecule has 1 heterocycles. The lowest BCUT2D eigenvalue weighted by Gasteiger charge is -2.09. The minimum absolute atomic E-state index is 0.134. The molecule has 0 radical (unpaired) electrons. The molecule has 0 saturated heterocycles. The van der Waals surface area contributed by atoms with Crippen LogP contribution in [0.15, 0.2) is 71.3 Å². The number of nitrogens with one attached hydrogen (secondary N) is 2. The van der Waals surface area contributed by atoms with Crippen molar-refractivity contribution >= 4 is 33.3 Å². The Morgan fingerprint density at radius 3 is 2.64 bits per heavy atom. The number of nitrogens with zero attached hydrogens (tertiary/aromatic N) is 1. The lowest BCUT2D eigenvalue weighted by atomic mass is 10.1. The minimum atomic E-state index is -0.134. The fourth-order valence-electron chi connectivity index (χ4n) is 2.40. The van der Waals surface area contributed by atoms with Crippen molar-refractivity contribution in [1.29, 1.82) is 0 Å². The number of hydrogen-bond donors (Lipinski definition) is 2. The molecule has 0 atom stereocenters. The van der Waals surface area contributed by atoms with Crippen LogP contribution in [0, 0.1) is 6.92 Å². The van der Waals surface area contributed by atoms with Gasteiger partial charge in [-0.1, -0.05) is 46.3 Å². The summed E-state index contributed by atoms with van der Waals surface area (Å²) in [5, 5.41) is 6.13. The highest BCUT2D eigenvalue weighted by Gasteiger charge is 2.07. The van der Waals surface area contributed by atoms with Gasteiger partial charge in [0.2, 0.25) is 0 Å². The number of amides is 1. The van der Waals surface area contributed by atoms with Crippen molar-refractivity contribution in [2.75, 3.05) is 5.32 Å². The number of anilines is 2. The first-order chi connectivity index (χ1) is 12.1. The summed E-state index contributed by atoms with van der Waals surface area (Å²) in [4.78, 5) is 16.6. The maximum Gasteiger partial charge on any atom is 0.253 e. The van der Waals surface area contributed by atoms with Gasteiger partial charge >= 0.3 is 0 Å². The predicted octanol–water partition coefficient (Wildman–Crippen LogP) is 4.83. The fraction of sp³-hybridized carbons (Fsp3) is 0.100. The molecule has 0 aliphatic rings. The van der Waals surface area contributed by atoms with Gasteiger partial charge in [0, 0.05) is 22.9 Å². The SMILES string of the molecule is Cc1ccccc1CNC(=O)c1ccc(Nc2cccc(Br)c2)nc1. The summed E-state index contributed by atoms with van der Waals surface area (Å²) < 4.78 is 0.990. The smallest absolute Gasteiger partial charge is 0.253 e. The third kappa shape index (κ3) is 4.67. The second-order valence-electron chi connectivity index (χ2n) is 5.68. The highest BCUT2D eigenvalue weighted by atomic mass is 79.9. The van der Waals surface area contributed by atoms with Crippen molar-refractivity contribution in [1.82, 2.24) is 10.3 Å². The lowest BCUT2D eigenvalue weighted by molar-refractivity contribution is 0.0950. The fourth-order valence-corrected chi connectivity index (χ4v) is 2.80. The van der Waals surface area contributed by atoms with E-state index in [1.54, 1.807) is 18.3 Å². The van der Waals surface area contributed by atoms with Gasteiger partial charge in [0.25, 0.3) is 5.91 Å². The molecule has 0 unspecified atom stereocenters. The third-order valence-electron chi connectivity index (χ3n) is 3.82. The summed E-state index contributed by atoms with van der Waals surface area (Å²) in [6.07, 6.45) is 1.58. The first-order valence-electron chi connectivity index (χ1n) is 7.93. The van der Waals surface area contributed by atoms with Crippen LogP contribution in [0.2, 0.25) is 0 Å². The summed E-state index contributed by atoms with van der Waals surface area (Å²) in [6.45, 7) is 2.54. The topological polar surface area (TPSA) is 54.0 Å².